The van der Waals surface area contributed by atoms with Gasteiger partial charge in [-0.25, -0.2) is 0 Å². The first-order valence-electron chi connectivity index (χ1n) is 6.05. The molecule has 2 aromatic heterocycles. The lowest BCUT2D eigenvalue weighted by Gasteiger charge is -2.30. The average molecular weight is 285 g/mol. The third-order valence-electron chi connectivity index (χ3n) is 3.34. The zero-order chi connectivity index (χ0) is 12.5. The minimum Gasteiger partial charge on any atom is -0.469 e. The SMILES string of the molecule is Cc1occc1-c1nc(C2CNCCN2C)no1.Cl. The van der Waals surface area contributed by atoms with Crippen molar-refractivity contribution in [2.45, 2.75) is 13.0 Å². The summed E-state index contributed by atoms with van der Waals surface area (Å²) in [5.41, 5.74) is 0.861. The highest BCUT2D eigenvalue weighted by molar-refractivity contribution is 5.85. The molecule has 1 N–H and O–H groups in total. The third-order valence-corrected chi connectivity index (χ3v) is 3.34. The van der Waals surface area contributed by atoms with E-state index in [0.717, 1.165) is 36.8 Å². The number of nitrogens with one attached hydrogen (secondary N) is 1. The van der Waals surface area contributed by atoms with Crippen LogP contribution in [0.4, 0.5) is 0 Å². The Morgan fingerprint density at radius 2 is 2.32 bits per heavy atom. The van der Waals surface area contributed by atoms with Crippen LogP contribution in [0.15, 0.2) is 21.3 Å². The van der Waals surface area contributed by atoms with Crippen LogP contribution in [0.5, 0.6) is 0 Å². The highest BCUT2D eigenvalue weighted by Gasteiger charge is 2.26. The monoisotopic (exact) mass is 284 g/mol. The number of nitrogens with zero attached hydrogens (tertiary/aromatic N) is 3. The van der Waals surface area contributed by atoms with E-state index in [1.807, 2.05) is 13.0 Å². The van der Waals surface area contributed by atoms with E-state index in [-0.39, 0.29) is 18.4 Å². The predicted molar refractivity (Wildman–Crippen MR) is 72.2 cm³/mol. The Kier molecular flexibility index (Phi) is 4.24. The van der Waals surface area contributed by atoms with E-state index in [4.69, 9.17) is 8.94 Å². The Balaban J connectivity index is 0.00000133. The standard InChI is InChI=1S/C12H16N4O2.ClH/c1-8-9(3-6-17-8)12-14-11(15-18-12)10-7-13-4-5-16(10)2;/h3,6,10,13H,4-5,7H2,1-2H3;1H. The number of aromatic nitrogens is 2. The van der Waals surface area contributed by atoms with Gasteiger partial charge < -0.3 is 14.3 Å². The van der Waals surface area contributed by atoms with E-state index in [9.17, 15) is 0 Å². The largest absolute Gasteiger partial charge is 0.469 e. The lowest BCUT2D eigenvalue weighted by Crippen LogP contribution is -2.44. The number of aryl methyl sites for hydroxylation is 1. The van der Waals surface area contributed by atoms with Gasteiger partial charge in [-0.1, -0.05) is 5.16 Å². The molecule has 2 aromatic rings. The Morgan fingerprint density at radius 1 is 1.47 bits per heavy atom. The summed E-state index contributed by atoms with van der Waals surface area (Å²) in [4.78, 5) is 6.70. The summed E-state index contributed by atoms with van der Waals surface area (Å²) >= 11 is 0. The highest BCUT2D eigenvalue weighted by Crippen LogP contribution is 2.25. The van der Waals surface area contributed by atoms with Gasteiger partial charge in [-0.2, -0.15) is 4.98 Å². The molecule has 3 rings (SSSR count). The van der Waals surface area contributed by atoms with Crippen LogP contribution in [0.1, 0.15) is 17.6 Å². The molecule has 0 aliphatic carbocycles. The minimum atomic E-state index is 0. The first kappa shape index (κ1) is 14.0. The molecular weight excluding hydrogens is 268 g/mol. The molecule has 1 atom stereocenters. The molecule has 104 valence electrons. The zero-order valence-electron chi connectivity index (χ0n) is 10.9. The average Bonchev–Trinajstić information content (AvgIpc) is 2.98. The predicted octanol–water partition coefficient (Wildman–Crippen LogP) is 1.64. The molecule has 0 amide bonds. The van der Waals surface area contributed by atoms with Gasteiger partial charge in [0, 0.05) is 19.6 Å². The van der Waals surface area contributed by atoms with E-state index in [1.54, 1.807) is 6.26 Å². The molecule has 1 aliphatic rings. The number of furan rings is 1. The van der Waals surface area contributed by atoms with Crippen LogP contribution in [-0.4, -0.2) is 41.7 Å². The van der Waals surface area contributed by atoms with E-state index >= 15 is 0 Å². The van der Waals surface area contributed by atoms with Crippen molar-refractivity contribution < 1.29 is 8.94 Å². The Hall–Kier alpha value is -1.37. The lowest BCUT2D eigenvalue weighted by atomic mass is 10.2. The van der Waals surface area contributed by atoms with Crippen LogP contribution in [0.2, 0.25) is 0 Å². The lowest BCUT2D eigenvalue weighted by molar-refractivity contribution is 0.190. The number of hydrogen-bond acceptors (Lipinski definition) is 6. The Labute approximate surface area is 117 Å². The zero-order valence-corrected chi connectivity index (χ0v) is 11.7. The fourth-order valence-electron chi connectivity index (χ4n) is 2.18. The van der Waals surface area contributed by atoms with Gasteiger partial charge in [-0.05, 0) is 20.0 Å². The summed E-state index contributed by atoms with van der Waals surface area (Å²) in [5.74, 6) is 2.04. The first-order valence-corrected chi connectivity index (χ1v) is 6.05. The fourth-order valence-corrected chi connectivity index (χ4v) is 2.18. The Bertz CT molecular complexity index is 539. The summed E-state index contributed by atoms with van der Waals surface area (Å²) < 4.78 is 10.6. The van der Waals surface area contributed by atoms with Crippen molar-refractivity contribution in [3.63, 3.8) is 0 Å². The van der Waals surface area contributed by atoms with Crippen molar-refractivity contribution in [3.05, 3.63) is 23.9 Å². The van der Waals surface area contributed by atoms with Gasteiger partial charge in [0.1, 0.15) is 5.76 Å². The van der Waals surface area contributed by atoms with E-state index in [0.29, 0.717) is 5.89 Å². The van der Waals surface area contributed by atoms with Crippen molar-refractivity contribution >= 4 is 12.4 Å². The molecule has 3 heterocycles. The second kappa shape index (κ2) is 5.73. The molecule has 1 fully saturated rings. The van der Waals surface area contributed by atoms with Crippen molar-refractivity contribution in [3.8, 4) is 11.5 Å². The van der Waals surface area contributed by atoms with Gasteiger partial charge in [0.25, 0.3) is 5.89 Å². The molecule has 1 aliphatic heterocycles. The number of hydrogen-bond donors (Lipinski definition) is 1. The van der Waals surface area contributed by atoms with Crippen LogP contribution in [0.3, 0.4) is 0 Å². The van der Waals surface area contributed by atoms with Gasteiger partial charge in [0.05, 0.1) is 17.9 Å². The van der Waals surface area contributed by atoms with Crippen molar-refractivity contribution in [1.29, 1.82) is 0 Å². The second-order valence-corrected chi connectivity index (χ2v) is 4.55. The summed E-state index contributed by atoms with van der Waals surface area (Å²) in [6, 6.07) is 2.01. The van der Waals surface area contributed by atoms with Crippen LogP contribution in [0, 0.1) is 6.92 Å². The molecule has 6 nitrogen and oxygen atoms in total. The summed E-state index contributed by atoms with van der Waals surface area (Å²) in [6.45, 7) is 4.71. The maximum absolute atomic E-state index is 5.32. The van der Waals surface area contributed by atoms with Crippen LogP contribution in [-0.2, 0) is 0 Å². The molecule has 0 spiro atoms. The van der Waals surface area contributed by atoms with Crippen LogP contribution >= 0.6 is 12.4 Å². The van der Waals surface area contributed by atoms with Crippen LogP contribution < -0.4 is 5.32 Å². The highest BCUT2D eigenvalue weighted by atomic mass is 35.5. The summed E-state index contributed by atoms with van der Waals surface area (Å²) in [5, 5.41) is 7.42. The number of halogens is 1. The topological polar surface area (TPSA) is 67.3 Å². The normalized spacial score (nSPS) is 20.2. The van der Waals surface area contributed by atoms with E-state index < -0.39 is 0 Å². The molecule has 1 saturated heterocycles. The smallest absolute Gasteiger partial charge is 0.261 e. The second-order valence-electron chi connectivity index (χ2n) is 4.55. The maximum atomic E-state index is 5.32. The molecule has 0 radical (unpaired) electrons. The number of piperazine rings is 1. The summed E-state index contributed by atoms with van der Waals surface area (Å²) in [6.07, 6.45) is 1.63. The molecule has 19 heavy (non-hydrogen) atoms. The van der Waals surface area contributed by atoms with E-state index in [1.165, 1.54) is 0 Å². The van der Waals surface area contributed by atoms with Crippen molar-refractivity contribution in [2.75, 3.05) is 26.7 Å². The van der Waals surface area contributed by atoms with Crippen LogP contribution in [0.25, 0.3) is 11.5 Å². The maximum Gasteiger partial charge on any atom is 0.261 e. The van der Waals surface area contributed by atoms with Gasteiger partial charge in [-0.3, -0.25) is 4.90 Å². The quantitative estimate of drug-likeness (QED) is 0.904. The summed E-state index contributed by atoms with van der Waals surface area (Å²) in [7, 11) is 2.07. The third kappa shape index (κ3) is 2.65. The van der Waals surface area contributed by atoms with Gasteiger partial charge in [0.15, 0.2) is 5.82 Å². The van der Waals surface area contributed by atoms with E-state index in [2.05, 4.69) is 27.4 Å². The van der Waals surface area contributed by atoms with Gasteiger partial charge in [0.2, 0.25) is 0 Å². The molecule has 7 heteroatoms. The van der Waals surface area contributed by atoms with Crippen molar-refractivity contribution in [2.24, 2.45) is 0 Å². The first-order chi connectivity index (χ1) is 8.75. The molecule has 0 aromatic carbocycles. The minimum absolute atomic E-state index is 0. The molecule has 0 bridgehead atoms. The molecule has 1 unspecified atom stereocenters. The molecular formula is C12H17ClN4O2. The molecule has 0 saturated carbocycles. The fraction of sp³-hybridized carbons (Fsp3) is 0.500. The van der Waals surface area contributed by atoms with Crippen molar-refractivity contribution in [1.82, 2.24) is 20.4 Å². The number of rotatable bonds is 2. The van der Waals surface area contributed by atoms with Gasteiger partial charge >= 0.3 is 0 Å². The number of likely N-dealkylation sites (N-methyl/N-ethyl adjacent to an activating group) is 1. The van der Waals surface area contributed by atoms with Gasteiger partial charge in [-0.15, -0.1) is 12.4 Å². The Morgan fingerprint density at radius 3 is 3.00 bits per heavy atom.